The SMILES string of the molecule is Cc1cccc(C=NC2CCC23CC3)c1O.[Cl][Zr][Cl]. The molecule has 0 bridgehead atoms. The summed E-state index contributed by atoms with van der Waals surface area (Å²) in [5.41, 5.74) is 2.34. The van der Waals surface area contributed by atoms with E-state index in [-0.39, 0.29) is 0 Å². The van der Waals surface area contributed by atoms with Crippen molar-refractivity contribution in [1.82, 2.24) is 0 Å². The van der Waals surface area contributed by atoms with Gasteiger partial charge in [0.15, 0.2) is 0 Å². The molecule has 102 valence electrons. The number of phenols is 1. The molecule has 1 atom stereocenters. The van der Waals surface area contributed by atoms with Crippen LogP contribution in [0.3, 0.4) is 0 Å². The van der Waals surface area contributed by atoms with Gasteiger partial charge in [0.05, 0.1) is 6.04 Å². The van der Waals surface area contributed by atoms with Crippen LogP contribution in [0.5, 0.6) is 5.75 Å². The third-order valence-corrected chi connectivity index (χ3v) is 4.18. The number of aromatic hydroxyl groups is 1. The van der Waals surface area contributed by atoms with Crippen molar-refractivity contribution in [3.05, 3.63) is 29.3 Å². The van der Waals surface area contributed by atoms with E-state index in [0.29, 0.717) is 17.2 Å². The van der Waals surface area contributed by atoms with Crippen LogP contribution in [0.4, 0.5) is 0 Å². The second-order valence-corrected chi connectivity index (χ2v) is 9.01. The zero-order valence-electron chi connectivity index (χ0n) is 10.9. The molecule has 1 spiro atoms. The van der Waals surface area contributed by atoms with Crippen LogP contribution in [0.15, 0.2) is 23.2 Å². The van der Waals surface area contributed by atoms with E-state index in [0.717, 1.165) is 11.1 Å². The molecule has 2 aliphatic rings. The van der Waals surface area contributed by atoms with E-state index in [4.69, 9.17) is 17.0 Å². The third-order valence-electron chi connectivity index (χ3n) is 4.18. The van der Waals surface area contributed by atoms with Crippen molar-refractivity contribution in [2.75, 3.05) is 0 Å². The Morgan fingerprint density at radius 3 is 2.58 bits per heavy atom. The summed E-state index contributed by atoms with van der Waals surface area (Å²) in [5, 5.41) is 9.86. The van der Waals surface area contributed by atoms with E-state index in [1.165, 1.54) is 25.7 Å². The van der Waals surface area contributed by atoms with Crippen LogP contribution in [0.2, 0.25) is 0 Å². The van der Waals surface area contributed by atoms with Crippen LogP contribution in [-0.4, -0.2) is 17.4 Å². The second-order valence-electron chi connectivity index (χ2n) is 5.28. The molecule has 0 heterocycles. The Morgan fingerprint density at radius 2 is 2.05 bits per heavy atom. The van der Waals surface area contributed by atoms with Gasteiger partial charge in [-0.05, 0) is 49.7 Å². The molecule has 3 rings (SSSR count). The van der Waals surface area contributed by atoms with E-state index in [9.17, 15) is 5.11 Å². The predicted molar refractivity (Wildman–Crippen MR) is 76.8 cm³/mol. The van der Waals surface area contributed by atoms with Crippen LogP contribution in [0.25, 0.3) is 0 Å². The first kappa shape index (κ1) is 15.5. The number of phenolic OH excluding ortho intramolecular Hbond substituents is 1. The first-order valence-electron chi connectivity index (χ1n) is 6.41. The van der Waals surface area contributed by atoms with Crippen molar-refractivity contribution < 1.29 is 26.0 Å². The van der Waals surface area contributed by atoms with Crippen molar-refractivity contribution in [1.29, 1.82) is 0 Å². The summed E-state index contributed by atoms with van der Waals surface area (Å²) >= 11 is -0.826. The molecular formula is C14H17Cl2NOZr. The Bertz CT molecular complexity index is 475. The van der Waals surface area contributed by atoms with Gasteiger partial charge in [0.2, 0.25) is 0 Å². The molecule has 0 amide bonds. The average molecular weight is 377 g/mol. The fraction of sp³-hybridized carbons (Fsp3) is 0.500. The third kappa shape index (κ3) is 3.62. The zero-order valence-corrected chi connectivity index (χ0v) is 14.8. The van der Waals surface area contributed by atoms with Crippen molar-refractivity contribution in [3.63, 3.8) is 0 Å². The van der Waals surface area contributed by atoms with Gasteiger partial charge in [-0.2, -0.15) is 0 Å². The quantitative estimate of drug-likeness (QED) is 0.760. The van der Waals surface area contributed by atoms with E-state index >= 15 is 0 Å². The van der Waals surface area contributed by atoms with Gasteiger partial charge in [0.1, 0.15) is 5.75 Å². The number of aliphatic imine (C=N–C) groups is 1. The van der Waals surface area contributed by atoms with Crippen molar-refractivity contribution in [2.45, 2.75) is 38.6 Å². The molecule has 2 nitrogen and oxygen atoms in total. The van der Waals surface area contributed by atoms with Gasteiger partial charge in [-0.1, -0.05) is 12.1 Å². The summed E-state index contributed by atoms with van der Waals surface area (Å²) in [6.07, 6.45) is 7.15. The molecule has 0 aromatic heterocycles. The van der Waals surface area contributed by atoms with Crippen LogP contribution >= 0.6 is 17.0 Å². The molecule has 1 unspecified atom stereocenters. The minimum absolute atomic E-state index is 0.371. The van der Waals surface area contributed by atoms with Gasteiger partial charge in [0, 0.05) is 11.8 Å². The number of benzene rings is 1. The van der Waals surface area contributed by atoms with Gasteiger partial charge in [-0.25, -0.2) is 0 Å². The molecule has 1 N–H and O–H groups in total. The van der Waals surface area contributed by atoms with E-state index in [1.807, 2.05) is 31.3 Å². The van der Waals surface area contributed by atoms with Crippen LogP contribution in [0, 0.1) is 12.3 Å². The van der Waals surface area contributed by atoms with Crippen molar-refractivity contribution in [2.24, 2.45) is 10.4 Å². The fourth-order valence-corrected chi connectivity index (χ4v) is 2.61. The van der Waals surface area contributed by atoms with Gasteiger partial charge in [-0.3, -0.25) is 4.99 Å². The first-order chi connectivity index (χ1) is 9.13. The number of aryl methyl sites for hydroxylation is 1. The standard InChI is InChI=1S/C14H17NO.2ClH.Zr/c1-10-3-2-4-11(13(10)16)9-15-12-5-6-14(12)7-8-14;;;/h2-4,9,12,16H,5-8H2,1H3;2*1H;/q;;;+2/p-2. The molecule has 2 fully saturated rings. The zero-order chi connectivity index (χ0) is 13.9. The number of para-hydroxylation sites is 1. The van der Waals surface area contributed by atoms with Gasteiger partial charge in [-0.15, -0.1) is 0 Å². The van der Waals surface area contributed by atoms with E-state index < -0.39 is 20.8 Å². The van der Waals surface area contributed by atoms with Gasteiger partial charge < -0.3 is 5.11 Å². The number of hydrogen-bond acceptors (Lipinski definition) is 2. The van der Waals surface area contributed by atoms with Gasteiger partial charge >= 0.3 is 37.9 Å². The molecule has 0 aliphatic heterocycles. The summed E-state index contributed by atoms with van der Waals surface area (Å²) in [5.74, 6) is 0.371. The molecule has 0 radical (unpaired) electrons. The molecule has 1 aromatic carbocycles. The maximum atomic E-state index is 9.86. The molecule has 19 heavy (non-hydrogen) atoms. The Labute approximate surface area is 132 Å². The van der Waals surface area contributed by atoms with Gasteiger partial charge in [0.25, 0.3) is 0 Å². The molecule has 2 aliphatic carbocycles. The molecule has 5 heteroatoms. The molecule has 0 saturated heterocycles. The Hall–Kier alpha value is 0.153. The number of halogens is 2. The minimum atomic E-state index is -0.826. The number of hydrogen-bond donors (Lipinski definition) is 1. The average Bonchev–Trinajstić information content (AvgIpc) is 3.16. The topological polar surface area (TPSA) is 32.6 Å². The summed E-state index contributed by atoms with van der Waals surface area (Å²) < 4.78 is 0. The normalized spacial score (nSPS) is 22.6. The Morgan fingerprint density at radius 1 is 1.37 bits per heavy atom. The van der Waals surface area contributed by atoms with Crippen LogP contribution in [-0.2, 0) is 20.8 Å². The monoisotopic (exact) mass is 375 g/mol. The Kier molecular flexibility index (Phi) is 5.51. The summed E-state index contributed by atoms with van der Waals surface area (Å²) in [6, 6.07) is 6.32. The second kappa shape index (κ2) is 6.74. The van der Waals surface area contributed by atoms with Crippen LogP contribution in [0.1, 0.15) is 36.8 Å². The number of rotatable bonds is 2. The fourth-order valence-electron chi connectivity index (χ4n) is 2.61. The summed E-state index contributed by atoms with van der Waals surface area (Å²) in [4.78, 5) is 4.63. The first-order valence-corrected chi connectivity index (χ1v) is 12.7. The summed E-state index contributed by atoms with van der Waals surface area (Å²) in [7, 11) is 9.87. The summed E-state index contributed by atoms with van der Waals surface area (Å²) in [6.45, 7) is 1.92. The molecular weight excluding hydrogens is 360 g/mol. The Balaban J connectivity index is 0.000000408. The van der Waals surface area contributed by atoms with Crippen molar-refractivity contribution >= 4 is 23.2 Å². The van der Waals surface area contributed by atoms with Crippen LogP contribution < -0.4 is 0 Å². The van der Waals surface area contributed by atoms with E-state index in [2.05, 4.69) is 4.99 Å². The molecule has 1 aromatic rings. The van der Waals surface area contributed by atoms with E-state index in [1.54, 1.807) is 0 Å². The van der Waals surface area contributed by atoms with Crippen molar-refractivity contribution in [3.8, 4) is 5.75 Å². The predicted octanol–water partition coefficient (Wildman–Crippen LogP) is 4.44. The molecule has 2 saturated carbocycles. The number of nitrogens with zero attached hydrogens (tertiary/aromatic N) is 1. The maximum absolute atomic E-state index is 9.86.